The molecular formula is C23H25FN2O5S. The van der Waals surface area contributed by atoms with E-state index in [0.717, 1.165) is 11.6 Å². The predicted molar refractivity (Wildman–Crippen MR) is 120 cm³/mol. The van der Waals surface area contributed by atoms with Crippen molar-refractivity contribution in [3.8, 4) is 5.75 Å². The van der Waals surface area contributed by atoms with E-state index in [-0.39, 0.29) is 17.9 Å². The van der Waals surface area contributed by atoms with E-state index in [4.69, 9.17) is 9.84 Å². The second kappa shape index (κ2) is 9.54. The molecule has 0 saturated heterocycles. The monoisotopic (exact) mass is 460 g/mol. The molecule has 0 radical (unpaired) electrons. The van der Waals surface area contributed by atoms with E-state index in [9.17, 15) is 17.6 Å². The summed E-state index contributed by atoms with van der Waals surface area (Å²) in [5.41, 5.74) is 3.00. The number of ketones is 1. The van der Waals surface area contributed by atoms with Crippen molar-refractivity contribution in [2.24, 2.45) is 7.05 Å². The molecule has 0 fully saturated rings. The van der Waals surface area contributed by atoms with Gasteiger partial charge in [0.2, 0.25) is 15.8 Å². The number of benzene rings is 2. The summed E-state index contributed by atoms with van der Waals surface area (Å²) in [7, 11) is -0.493. The molecular weight excluding hydrogens is 435 g/mol. The lowest BCUT2D eigenvalue weighted by molar-refractivity contribution is 0.102. The number of methoxy groups -OCH3 is 1. The summed E-state index contributed by atoms with van der Waals surface area (Å²) in [4.78, 5) is 13.1. The van der Waals surface area contributed by atoms with Crippen LogP contribution in [0.25, 0.3) is 0 Å². The zero-order valence-corrected chi connectivity index (χ0v) is 18.9. The topological polar surface area (TPSA) is 97.6 Å². The van der Waals surface area contributed by atoms with Gasteiger partial charge in [-0.2, -0.15) is 0 Å². The van der Waals surface area contributed by atoms with Crippen molar-refractivity contribution in [1.82, 2.24) is 4.57 Å². The van der Waals surface area contributed by atoms with Crippen LogP contribution in [0.4, 0.5) is 10.1 Å². The fraction of sp³-hybridized carbons (Fsp3) is 0.261. The van der Waals surface area contributed by atoms with Gasteiger partial charge in [-0.3, -0.25) is 9.52 Å². The van der Waals surface area contributed by atoms with Gasteiger partial charge in [-0.15, -0.1) is 0 Å². The van der Waals surface area contributed by atoms with Gasteiger partial charge in [0, 0.05) is 19.2 Å². The molecule has 0 spiro atoms. The summed E-state index contributed by atoms with van der Waals surface area (Å²) in [6.45, 7) is 1.38. The molecule has 32 heavy (non-hydrogen) atoms. The van der Waals surface area contributed by atoms with E-state index in [1.165, 1.54) is 19.2 Å². The zero-order valence-electron chi connectivity index (χ0n) is 18.1. The fourth-order valence-electron chi connectivity index (χ4n) is 3.38. The molecule has 0 atom stereocenters. The Bertz CT molecular complexity index is 1250. The van der Waals surface area contributed by atoms with Gasteiger partial charge < -0.3 is 14.4 Å². The molecule has 2 aromatic carbocycles. The normalized spacial score (nSPS) is 11.4. The summed E-state index contributed by atoms with van der Waals surface area (Å²) in [5.74, 6) is -0.765. The number of sulfonamides is 1. The molecule has 0 aliphatic carbocycles. The number of hydrogen-bond donors (Lipinski definition) is 2. The van der Waals surface area contributed by atoms with E-state index in [0.29, 0.717) is 28.3 Å². The van der Waals surface area contributed by atoms with Crippen LogP contribution in [0.1, 0.15) is 32.9 Å². The maximum Gasteiger partial charge on any atom is 0.234 e. The average Bonchev–Trinajstić information content (AvgIpc) is 3.09. The first kappa shape index (κ1) is 23.5. The number of aromatic nitrogens is 1. The molecule has 170 valence electrons. The molecule has 9 heteroatoms. The van der Waals surface area contributed by atoms with Crippen molar-refractivity contribution >= 4 is 21.5 Å². The van der Waals surface area contributed by atoms with Gasteiger partial charge >= 0.3 is 0 Å². The Labute approximate surface area is 186 Å². The van der Waals surface area contributed by atoms with E-state index < -0.39 is 28.2 Å². The molecule has 0 saturated carbocycles. The molecule has 0 bridgehead atoms. The van der Waals surface area contributed by atoms with Gasteiger partial charge in [-0.1, -0.05) is 12.1 Å². The number of nitrogens with one attached hydrogen (secondary N) is 1. The first-order valence-electron chi connectivity index (χ1n) is 9.89. The average molecular weight is 461 g/mol. The van der Waals surface area contributed by atoms with Crippen LogP contribution in [0.15, 0.2) is 48.5 Å². The van der Waals surface area contributed by atoms with Gasteiger partial charge in [0.1, 0.15) is 11.6 Å². The Balaban J connectivity index is 1.83. The maximum absolute atomic E-state index is 14.6. The van der Waals surface area contributed by atoms with Gasteiger partial charge in [-0.05, 0) is 54.4 Å². The number of ether oxygens (including phenoxy) is 1. The van der Waals surface area contributed by atoms with Gasteiger partial charge in [0.25, 0.3) is 0 Å². The van der Waals surface area contributed by atoms with Crippen molar-refractivity contribution in [3.05, 3.63) is 82.4 Å². The molecule has 1 aromatic heterocycles. The second-order valence-electron chi connectivity index (χ2n) is 7.43. The number of aliphatic hydroxyl groups is 1. The Morgan fingerprint density at radius 3 is 2.56 bits per heavy atom. The Morgan fingerprint density at radius 2 is 1.91 bits per heavy atom. The quantitative estimate of drug-likeness (QED) is 0.479. The lowest BCUT2D eigenvalue weighted by Gasteiger charge is -2.12. The van der Waals surface area contributed by atoms with Crippen molar-refractivity contribution in [1.29, 1.82) is 0 Å². The molecule has 0 aliphatic rings. The van der Waals surface area contributed by atoms with E-state index in [1.54, 1.807) is 35.9 Å². The summed E-state index contributed by atoms with van der Waals surface area (Å²) in [5, 5.41) is 8.80. The van der Waals surface area contributed by atoms with Gasteiger partial charge in [0.15, 0.2) is 0 Å². The third kappa shape index (κ3) is 5.17. The van der Waals surface area contributed by atoms with Gasteiger partial charge in [0.05, 0.1) is 36.4 Å². The third-order valence-electron chi connectivity index (χ3n) is 5.12. The number of carbonyl (C=O) groups excluding carboxylic acids is 1. The number of hydrogen-bond acceptors (Lipinski definition) is 5. The Morgan fingerprint density at radius 1 is 1.16 bits per heavy atom. The number of aliphatic hydroxyl groups excluding tert-OH is 1. The maximum atomic E-state index is 14.6. The first-order chi connectivity index (χ1) is 15.1. The standard InChI is InChI=1S/C23H25FN2O5S/c1-15-4-8-19(22(12-15)31-3)23(28)21-9-7-18(26(21)2)13-16-5-6-17(14-20(16)24)25-32(29,30)11-10-27/h4-9,12,14,25,27H,10-11,13H2,1-3H3. The molecule has 3 rings (SSSR count). The highest BCUT2D eigenvalue weighted by Gasteiger charge is 2.19. The lowest BCUT2D eigenvalue weighted by Crippen LogP contribution is -2.19. The molecule has 7 nitrogen and oxygen atoms in total. The molecule has 0 aliphatic heterocycles. The van der Waals surface area contributed by atoms with E-state index >= 15 is 0 Å². The first-order valence-corrected chi connectivity index (χ1v) is 11.5. The third-order valence-corrected chi connectivity index (χ3v) is 6.38. The minimum atomic E-state index is -3.74. The van der Waals surface area contributed by atoms with Crippen molar-refractivity contribution < 1.29 is 27.4 Å². The second-order valence-corrected chi connectivity index (χ2v) is 9.27. The highest BCUT2D eigenvalue weighted by atomic mass is 32.2. The minimum Gasteiger partial charge on any atom is -0.496 e. The lowest BCUT2D eigenvalue weighted by atomic mass is 10.0. The van der Waals surface area contributed by atoms with E-state index in [1.807, 2.05) is 13.0 Å². The minimum absolute atomic E-state index is 0.0777. The Hall–Kier alpha value is -3.17. The van der Waals surface area contributed by atoms with Crippen LogP contribution in [0.3, 0.4) is 0 Å². The summed E-state index contributed by atoms with van der Waals surface area (Å²) < 4.78 is 47.4. The van der Waals surface area contributed by atoms with Crippen LogP contribution in [-0.2, 0) is 23.5 Å². The molecule has 3 aromatic rings. The van der Waals surface area contributed by atoms with Crippen LogP contribution in [0.2, 0.25) is 0 Å². The fourth-order valence-corrected chi connectivity index (χ4v) is 4.21. The molecule has 0 unspecified atom stereocenters. The highest BCUT2D eigenvalue weighted by Crippen LogP contribution is 2.25. The van der Waals surface area contributed by atoms with Crippen LogP contribution in [0, 0.1) is 12.7 Å². The van der Waals surface area contributed by atoms with Crippen LogP contribution in [-0.4, -0.2) is 43.3 Å². The number of carbonyl (C=O) groups is 1. The predicted octanol–water partition coefficient (Wildman–Crippen LogP) is 3.04. The van der Waals surface area contributed by atoms with Crippen molar-refractivity contribution in [3.63, 3.8) is 0 Å². The number of nitrogens with zero attached hydrogens (tertiary/aromatic N) is 1. The smallest absolute Gasteiger partial charge is 0.234 e. The van der Waals surface area contributed by atoms with Gasteiger partial charge in [-0.25, -0.2) is 12.8 Å². The number of aryl methyl sites for hydroxylation is 1. The molecule has 0 amide bonds. The van der Waals surface area contributed by atoms with Crippen LogP contribution < -0.4 is 9.46 Å². The zero-order chi connectivity index (χ0) is 23.5. The largest absolute Gasteiger partial charge is 0.496 e. The number of anilines is 1. The number of halogens is 1. The SMILES string of the molecule is COc1cc(C)ccc1C(=O)c1ccc(Cc2ccc(NS(=O)(=O)CCO)cc2F)n1C. The Kier molecular flexibility index (Phi) is 7.00. The summed E-state index contributed by atoms with van der Waals surface area (Å²) >= 11 is 0. The number of rotatable bonds is 9. The highest BCUT2D eigenvalue weighted by molar-refractivity contribution is 7.92. The van der Waals surface area contributed by atoms with Crippen molar-refractivity contribution in [2.45, 2.75) is 13.3 Å². The molecule has 2 N–H and O–H groups in total. The van der Waals surface area contributed by atoms with Crippen LogP contribution >= 0.6 is 0 Å². The summed E-state index contributed by atoms with van der Waals surface area (Å²) in [6.07, 6.45) is 0.213. The summed E-state index contributed by atoms with van der Waals surface area (Å²) in [6, 6.07) is 12.8. The van der Waals surface area contributed by atoms with Crippen molar-refractivity contribution in [2.75, 3.05) is 24.2 Å². The van der Waals surface area contributed by atoms with Crippen LogP contribution in [0.5, 0.6) is 5.75 Å². The van der Waals surface area contributed by atoms with E-state index in [2.05, 4.69) is 4.72 Å². The molecule has 1 heterocycles.